The van der Waals surface area contributed by atoms with Gasteiger partial charge >= 0.3 is 25.7 Å². The van der Waals surface area contributed by atoms with Gasteiger partial charge in [0.15, 0.2) is 0 Å². The number of piperazine rings is 1. The summed E-state index contributed by atoms with van der Waals surface area (Å²) in [5, 5.41) is 31.5. The van der Waals surface area contributed by atoms with Crippen molar-refractivity contribution < 1.29 is 62.4 Å². The van der Waals surface area contributed by atoms with Gasteiger partial charge in [0.05, 0.1) is 31.3 Å². The number of esters is 3. The van der Waals surface area contributed by atoms with Gasteiger partial charge in [0.2, 0.25) is 6.79 Å². The second kappa shape index (κ2) is 26.6. The van der Waals surface area contributed by atoms with Crippen molar-refractivity contribution in [2.45, 2.75) is 155 Å². The van der Waals surface area contributed by atoms with E-state index in [4.69, 9.17) is 24.5 Å². The van der Waals surface area contributed by atoms with E-state index in [1.54, 1.807) is 20.8 Å². The molecule has 2 rings (SSSR count). The Balaban J connectivity index is 0. The van der Waals surface area contributed by atoms with E-state index in [0.29, 0.717) is 12.0 Å². The number of hydrogen-bond donors (Lipinski definition) is 6. The van der Waals surface area contributed by atoms with E-state index >= 15 is 0 Å². The first-order valence-electron chi connectivity index (χ1n) is 20.9. The Morgan fingerprint density at radius 2 is 1.27 bits per heavy atom. The van der Waals surface area contributed by atoms with Crippen molar-refractivity contribution >= 4 is 25.7 Å². The van der Waals surface area contributed by atoms with E-state index in [9.17, 15) is 39.2 Å². The van der Waals surface area contributed by atoms with Gasteiger partial charge in [0.1, 0.15) is 18.2 Å². The highest BCUT2D eigenvalue weighted by molar-refractivity contribution is 7.47. The van der Waals surface area contributed by atoms with Crippen LogP contribution in [0.5, 0.6) is 0 Å². The molecule has 0 bridgehead atoms. The number of aliphatic hydroxyl groups is 3. The molecule has 7 N–H and O–H groups in total. The maximum Gasteiger partial charge on any atom is 0.475 e. The normalized spacial score (nSPS) is 20.6. The molecular weight excluding hydrogens is 797 g/mol. The molecule has 0 aromatic heterocycles. The molecule has 356 valence electrons. The Labute approximate surface area is 362 Å². The molecule has 17 heteroatoms. The highest BCUT2D eigenvalue weighted by Crippen LogP contribution is 2.44. The van der Waals surface area contributed by atoms with Gasteiger partial charge in [0.25, 0.3) is 0 Å². The molecule has 0 radical (unpaired) electrons. The molecule has 1 fully saturated rings. The quantitative estimate of drug-likeness (QED) is 0.0607. The zero-order valence-corrected chi connectivity index (χ0v) is 41.1. The fraction of sp³-hybridized carbons (Fsp3) is 0.884. The van der Waals surface area contributed by atoms with E-state index in [2.05, 4.69) is 35.5 Å². The Morgan fingerprint density at radius 3 is 1.68 bits per heavy atom. The molecule has 5 unspecified atom stereocenters. The van der Waals surface area contributed by atoms with Crippen LogP contribution in [0.3, 0.4) is 0 Å². The Hall–Kier alpha value is -1.98. The van der Waals surface area contributed by atoms with Crippen LogP contribution in [0.4, 0.5) is 0 Å². The molecule has 1 saturated heterocycles. The summed E-state index contributed by atoms with van der Waals surface area (Å²) in [6.45, 7) is 39.4. The SMILES string of the molecule is CC(C)(C)CCN1CCNCC1.CC(C)(C)COC(=O)C1=CC(O)C(O)C(O)C1.CC(C)(C)COP(=O)(O)OCOC(=O)C(C)(C)C.CC(C)C(N)C(=O)OCC(C)(C)C. The molecular formula is C43H86N3O13P. The third kappa shape index (κ3) is 32.7. The summed E-state index contributed by atoms with van der Waals surface area (Å²) in [6.07, 6.45) is -1.05. The van der Waals surface area contributed by atoms with Crippen LogP contribution in [-0.2, 0) is 42.2 Å². The van der Waals surface area contributed by atoms with Crippen molar-refractivity contribution in [3.8, 4) is 0 Å². The lowest BCUT2D eigenvalue weighted by Crippen LogP contribution is -2.44. The number of nitrogens with two attached hydrogens (primary N) is 1. The predicted octanol–water partition coefficient (Wildman–Crippen LogP) is 5.59. The summed E-state index contributed by atoms with van der Waals surface area (Å²) < 4.78 is 35.5. The van der Waals surface area contributed by atoms with Crippen LogP contribution >= 0.6 is 7.82 Å². The Bertz CT molecular complexity index is 1330. The number of hydrogen-bond acceptors (Lipinski definition) is 15. The highest BCUT2D eigenvalue weighted by atomic mass is 31.2. The molecule has 1 aliphatic carbocycles. The first-order valence-corrected chi connectivity index (χ1v) is 22.4. The van der Waals surface area contributed by atoms with Gasteiger partial charge in [-0.05, 0) is 67.4 Å². The minimum Gasteiger partial charge on any atom is -0.464 e. The van der Waals surface area contributed by atoms with Crippen molar-refractivity contribution in [3.05, 3.63) is 11.6 Å². The lowest BCUT2D eigenvalue weighted by molar-refractivity contribution is -0.160. The summed E-state index contributed by atoms with van der Waals surface area (Å²) in [4.78, 5) is 46.2. The topological polar surface area (TPSA) is 237 Å². The highest BCUT2D eigenvalue weighted by Gasteiger charge is 2.33. The average Bonchev–Trinajstić information content (AvgIpc) is 3.09. The zero-order valence-electron chi connectivity index (χ0n) is 40.2. The van der Waals surface area contributed by atoms with Crippen LogP contribution in [0.2, 0.25) is 0 Å². The number of nitrogens with zero attached hydrogens (tertiary/aromatic N) is 1. The maximum atomic E-state index is 11.6. The van der Waals surface area contributed by atoms with Gasteiger partial charge in [-0.25, -0.2) is 13.9 Å². The Kier molecular flexibility index (Phi) is 26.6. The van der Waals surface area contributed by atoms with Crippen LogP contribution < -0.4 is 11.1 Å². The van der Waals surface area contributed by atoms with E-state index in [1.807, 2.05) is 76.2 Å². The summed E-state index contributed by atoms with van der Waals surface area (Å²) >= 11 is 0. The largest absolute Gasteiger partial charge is 0.475 e. The van der Waals surface area contributed by atoms with Crippen LogP contribution in [0.15, 0.2) is 11.6 Å². The van der Waals surface area contributed by atoms with Gasteiger partial charge < -0.3 is 50.4 Å². The van der Waals surface area contributed by atoms with Crippen LogP contribution in [-0.4, -0.2) is 127 Å². The number of aliphatic hydroxyl groups excluding tert-OH is 3. The predicted molar refractivity (Wildman–Crippen MR) is 234 cm³/mol. The zero-order chi connectivity index (χ0) is 47.5. The van der Waals surface area contributed by atoms with Crippen molar-refractivity contribution in [2.24, 2.45) is 38.7 Å². The summed E-state index contributed by atoms with van der Waals surface area (Å²) in [5.41, 5.74) is 5.24. The van der Waals surface area contributed by atoms with Gasteiger partial charge in [-0.2, -0.15) is 0 Å². The molecule has 16 nitrogen and oxygen atoms in total. The average molecular weight is 884 g/mol. The molecule has 1 heterocycles. The fourth-order valence-corrected chi connectivity index (χ4v) is 5.04. The minimum absolute atomic E-state index is 0.00119. The summed E-state index contributed by atoms with van der Waals surface area (Å²) in [6, 6.07) is -0.498. The van der Waals surface area contributed by atoms with Crippen LogP contribution in [0.25, 0.3) is 0 Å². The van der Waals surface area contributed by atoms with Gasteiger partial charge in [0, 0.05) is 38.2 Å². The van der Waals surface area contributed by atoms with Gasteiger partial charge in [-0.15, -0.1) is 0 Å². The monoisotopic (exact) mass is 884 g/mol. The van der Waals surface area contributed by atoms with E-state index in [1.165, 1.54) is 45.2 Å². The third-order valence-corrected chi connectivity index (χ3v) is 9.04. The van der Waals surface area contributed by atoms with Crippen molar-refractivity contribution in [3.63, 3.8) is 0 Å². The van der Waals surface area contributed by atoms with Crippen LogP contribution in [0, 0.1) is 33.0 Å². The van der Waals surface area contributed by atoms with E-state index in [-0.39, 0.29) is 53.3 Å². The molecule has 0 spiro atoms. The number of rotatable bonds is 12. The maximum absolute atomic E-state index is 11.6. The van der Waals surface area contributed by atoms with Crippen LogP contribution in [0.1, 0.15) is 131 Å². The minimum atomic E-state index is -4.17. The lowest BCUT2D eigenvalue weighted by Gasteiger charge is -2.30. The molecule has 0 aromatic rings. The van der Waals surface area contributed by atoms with Gasteiger partial charge in [-0.3, -0.25) is 14.1 Å². The molecule has 5 atom stereocenters. The standard InChI is InChI=1S/C12H20O5.C11H23O6P.C10H22N2.C10H21NO2/c1-12(2,3)6-17-11(16)7-4-8(13)10(15)9(14)5-7;1-10(2,3)7-16-18(13,14)17-8-15-9(12)11(4,5)6;1-10(2,3)4-7-12-8-5-11-6-9-12;1-7(2)8(11)9(12)13-6-10(3,4)5/h4,8-10,13-15H,5-6H2,1-3H3;7-8H2,1-6H3,(H,13,14);11H,4-9H2,1-3H3;7-8H,6,11H2,1-5H3. The molecule has 0 saturated carbocycles. The number of phosphoric acid groups is 1. The van der Waals surface area contributed by atoms with E-state index in [0.717, 1.165) is 0 Å². The number of carbonyl (C=O) groups excluding carboxylic acids is 3. The van der Waals surface area contributed by atoms with Crippen molar-refractivity contribution in [1.82, 2.24) is 10.2 Å². The lowest BCUT2D eigenvalue weighted by atomic mass is 9.92. The second-order valence-corrected chi connectivity index (χ2v) is 23.1. The third-order valence-electron chi connectivity index (χ3n) is 8.15. The molecule has 0 amide bonds. The fourth-order valence-electron chi connectivity index (χ4n) is 4.23. The summed E-state index contributed by atoms with van der Waals surface area (Å²) in [5.74, 6) is -1.24. The molecule has 1 aliphatic heterocycles. The van der Waals surface area contributed by atoms with E-state index < -0.39 is 56.3 Å². The Morgan fingerprint density at radius 1 is 0.783 bits per heavy atom. The molecule has 60 heavy (non-hydrogen) atoms. The number of nitrogens with one attached hydrogen (secondary N) is 1. The number of carbonyl (C=O) groups is 3. The summed E-state index contributed by atoms with van der Waals surface area (Å²) in [7, 11) is -4.17. The first-order chi connectivity index (χ1) is 26.9. The number of ether oxygens (including phenoxy) is 3. The van der Waals surface area contributed by atoms with Crippen molar-refractivity contribution in [1.29, 1.82) is 0 Å². The molecule has 2 aliphatic rings. The van der Waals surface area contributed by atoms with Crippen molar-refractivity contribution in [2.75, 3.05) is 59.3 Å². The van der Waals surface area contributed by atoms with Gasteiger partial charge in [-0.1, -0.05) is 96.9 Å². The first kappa shape index (κ1) is 60.1. The second-order valence-electron chi connectivity index (χ2n) is 21.7. The molecule has 0 aromatic carbocycles. The number of phosphoric ester groups is 1. The smallest absolute Gasteiger partial charge is 0.464 e.